The van der Waals surface area contributed by atoms with Crippen LogP contribution in [-0.2, 0) is 19.6 Å². The van der Waals surface area contributed by atoms with Crippen molar-refractivity contribution in [2.24, 2.45) is 0 Å². The number of benzene rings is 2. The summed E-state index contributed by atoms with van der Waals surface area (Å²) in [5.74, 6) is -1.20. The molecule has 1 amide bonds. The van der Waals surface area contributed by atoms with Crippen molar-refractivity contribution in [3.8, 4) is 0 Å². The summed E-state index contributed by atoms with van der Waals surface area (Å²) >= 11 is 12.2. The first-order valence-corrected chi connectivity index (χ1v) is 14.1. The summed E-state index contributed by atoms with van der Waals surface area (Å²) in [5.41, 5.74) is 0.320. The summed E-state index contributed by atoms with van der Waals surface area (Å²) in [4.78, 5) is 24.7. The van der Waals surface area contributed by atoms with Crippen molar-refractivity contribution in [1.29, 1.82) is 0 Å². The van der Waals surface area contributed by atoms with E-state index in [4.69, 9.17) is 27.9 Å². The van der Waals surface area contributed by atoms with Gasteiger partial charge in [-0.15, -0.1) is 6.58 Å². The van der Waals surface area contributed by atoms with E-state index in [0.717, 1.165) is 48.9 Å². The fraction of sp³-hybridized carbons (Fsp3) is 0.385. The van der Waals surface area contributed by atoms with Gasteiger partial charge in [-0.25, -0.2) is 13.2 Å². The molecule has 7 nitrogen and oxygen atoms in total. The largest absolute Gasteiger partial charge is 0.452 e. The van der Waals surface area contributed by atoms with Gasteiger partial charge in [0.15, 0.2) is 6.61 Å². The van der Waals surface area contributed by atoms with Crippen LogP contribution in [0.25, 0.3) is 0 Å². The second-order valence-corrected chi connectivity index (χ2v) is 11.3. The Kier molecular flexibility index (Phi) is 10.2. The average Bonchev–Trinajstić information content (AvgIpc) is 2.83. The van der Waals surface area contributed by atoms with Crippen LogP contribution in [0.5, 0.6) is 0 Å². The molecule has 0 unspecified atom stereocenters. The zero-order valence-electron chi connectivity index (χ0n) is 19.9. The summed E-state index contributed by atoms with van der Waals surface area (Å²) in [7, 11) is -4.17. The highest BCUT2D eigenvalue weighted by molar-refractivity contribution is 7.93. The molecule has 0 heterocycles. The van der Waals surface area contributed by atoms with Gasteiger partial charge in [-0.05, 0) is 55.3 Å². The number of halogens is 2. The molecule has 0 bridgehead atoms. The van der Waals surface area contributed by atoms with Gasteiger partial charge >= 0.3 is 5.97 Å². The smallest absolute Gasteiger partial charge is 0.338 e. The summed E-state index contributed by atoms with van der Waals surface area (Å²) in [6, 6.07) is 10.2. The molecule has 0 spiro atoms. The maximum Gasteiger partial charge on any atom is 0.338 e. The number of esters is 1. The number of rotatable bonds is 9. The first-order valence-electron chi connectivity index (χ1n) is 11.9. The number of hydrogen-bond acceptors (Lipinski definition) is 5. The molecule has 0 atom stereocenters. The third-order valence-corrected chi connectivity index (χ3v) is 8.48. The number of carbonyl (C=O) groups is 2. The number of nitrogens with one attached hydrogen (secondary N) is 1. The van der Waals surface area contributed by atoms with Gasteiger partial charge in [0, 0.05) is 11.1 Å². The lowest BCUT2D eigenvalue weighted by Gasteiger charge is -2.24. The van der Waals surface area contributed by atoms with E-state index in [2.05, 4.69) is 11.9 Å². The molecule has 1 fully saturated rings. The highest BCUT2D eigenvalue weighted by atomic mass is 35.5. The molecule has 2 aromatic carbocycles. The standard InChI is InChI=1S/C26H30Cl2N2O5S/c1-2-16-30(22-13-11-20(27)12-14-22)36(33,34)24-17-19(10-15-23(24)28)26(32)35-18-25(31)29-21-8-6-4-3-5-7-9-21/h2,10-15,17,21H,1,3-9,16,18H2,(H,29,31). The number of ether oxygens (including phenoxy) is 1. The number of carbonyl (C=O) groups excluding carboxylic acids is 2. The topological polar surface area (TPSA) is 92.8 Å². The van der Waals surface area contributed by atoms with Crippen molar-refractivity contribution in [2.75, 3.05) is 17.5 Å². The van der Waals surface area contributed by atoms with Crippen LogP contribution in [0, 0.1) is 0 Å². The summed E-state index contributed by atoms with van der Waals surface area (Å²) < 4.78 is 33.2. The first kappa shape index (κ1) is 28.0. The van der Waals surface area contributed by atoms with E-state index in [1.165, 1.54) is 24.6 Å². The number of amides is 1. The van der Waals surface area contributed by atoms with Crippen molar-refractivity contribution in [1.82, 2.24) is 5.32 Å². The number of nitrogens with zero attached hydrogens (tertiary/aromatic N) is 1. The van der Waals surface area contributed by atoms with Gasteiger partial charge in [0.2, 0.25) is 0 Å². The molecular formula is C26H30Cl2N2O5S. The number of sulfonamides is 1. The minimum absolute atomic E-state index is 0.0314. The fourth-order valence-corrected chi connectivity index (χ4v) is 6.16. The molecule has 2 aromatic rings. The molecule has 0 aliphatic heterocycles. The van der Waals surface area contributed by atoms with Crippen molar-refractivity contribution in [3.05, 3.63) is 70.7 Å². The summed E-state index contributed by atoms with van der Waals surface area (Å²) in [6.45, 7) is 3.15. The Labute approximate surface area is 222 Å². The molecule has 1 aliphatic rings. The van der Waals surface area contributed by atoms with E-state index in [0.29, 0.717) is 10.7 Å². The molecule has 36 heavy (non-hydrogen) atoms. The van der Waals surface area contributed by atoms with Crippen LogP contribution >= 0.6 is 23.2 Å². The normalized spacial score (nSPS) is 14.8. The van der Waals surface area contributed by atoms with Crippen LogP contribution in [0.15, 0.2) is 60.0 Å². The van der Waals surface area contributed by atoms with Crippen LogP contribution in [0.1, 0.15) is 55.3 Å². The van der Waals surface area contributed by atoms with Crippen LogP contribution < -0.4 is 9.62 Å². The first-order chi connectivity index (χ1) is 17.2. The van der Waals surface area contributed by atoms with Crippen molar-refractivity contribution >= 4 is 50.8 Å². The molecule has 10 heteroatoms. The monoisotopic (exact) mass is 552 g/mol. The van der Waals surface area contributed by atoms with Crippen LogP contribution in [0.4, 0.5) is 5.69 Å². The van der Waals surface area contributed by atoms with Gasteiger partial charge in [0.05, 0.1) is 22.8 Å². The highest BCUT2D eigenvalue weighted by Crippen LogP contribution is 2.30. The second kappa shape index (κ2) is 13.1. The Morgan fingerprint density at radius 1 is 1.03 bits per heavy atom. The van der Waals surface area contributed by atoms with E-state index in [9.17, 15) is 18.0 Å². The predicted molar refractivity (Wildman–Crippen MR) is 142 cm³/mol. The molecule has 1 aliphatic carbocycles. The van der Waals surface area contributed by atoms with Gasteiger partial charge in [-0.1, -0.05) is 61.4 Å². The summed E-state index contributed by atoms with van der Waals surface area (Å²) in [6.07, 6.45) is 8.92. The Bertz CT molecular complexity index is 1180. The lowest BCUT2D eigenvalue weighted by Crippen LogP contribution is -2.38. The molecule has 0 radical (unpaired) electrons. The zero-order valence-corrected chi connectivity index (χ0v) is 22.2. The van der Waals surface area contributed by atoms with Gasteiger partial charge in [0.1, 0.15) is 4.90 Å². The van der Waals surface area contributed by atoms with Crippen molar-refractivity contribution < 1.29 is 22.7 Å². The quantitative estimate of drug-likeness (QED) is 0.315. The SMILES string of the molecule is C=CCN(c1ccc(Cl)cc1)S(=O)(=O)c1cc(C(=O)OCC(=O)NC2CCCCCCC2)ccc1Cl. The fourth-order valence-electron chi connectivity index (χ4n) is 4.10. The van der Waals surface area contributed by atoms with Crippen molar-refractivity contribution in [2.45, 2.75) is 55.9 Å². The van der Waals surface area contributed by atoms with Gasteiger partial charge < -0.3 is 10.1 Å². The molecule has 1 N–H and O–H groups in total. The van der Waals surface area contributed by atoms with Crippen LogP contribution in [0.3, 0.4) is 0 Å². The van der Waals surface area contributed by atoms with Crippen LogP contribution in [-0.4, -0.2) is 39.5 Å². The number of anilines is 1. The van der Waals surface area contributed by atoms with E-state index in [1.54, 1.807) is 24.3 Å². The number of hydrogen-bond donors (Lipinski definition) is 1. The van der Waals surface area contributed by atoms with Gasteiger partial charge in [-0.3, -0.25) is 9.10 Å². The lowest BCUT2D eigenvalue weighted by molar-refractivity contribution is -0.125. The molecular weight excluding hydrogens is 523 g/mol. The second-order valence-electron chi connectivity index (χ2n) is 8.63. The molecule has 1 saturated carbocycles. The average molecular weight is 554 g/mol. The van der Waals surface area contributed by atoms with E-state index >= 15 is 0 Å². The minimum Gasteiger partial charge on any atom is -0.452 e. The summed E-state index contributed by atoms with van der Waals surface area (Å²) in [5, 5.41) is 3.33. The van der Waals surface area contributed by atoms with E-state index in [-0.39, 0.29) is 34.0 Å². The molecule has 0 saturated heterocycles. The van der Waals surface area contributed by atoms with Crippen LogP contribution in [0.2, 0.25) is 10.0 Å². The molecule has 3 rings (SSSR count). The third kappa shape index (κ3) is 7.48. The highest BCUT2D eigenvalue weighted by Gasteiger charge is 2.28. The Morgan fingerprint density at radius 2 is 1.67 bits per heavy atom. The maximum atomic E-state index is 13.5. The van der Waals surface area contributed by atoms with E-state index < -0.39 is 22.6 Å². The Morgan fingerprint density at radius 3 is 2.31 bits per heavy atom. The zero-order chi connectivity index (χ0) is 26.1. The van der Waals surface area contributed by atoms with E-state index in [1.807, 2.05) is 0 Å². The van der Waals surface area contributed by atoms with Crippen molar-refractivity contribution in [3.63, 3.8) is 0 Å². The Balaban J connectivity index is 1.72. The molecule has 0 aromatic heterocycles. The Hall–Kier alpha value is -2.55. The minimum atomic E-state index is -4.17. The predicted octanol–water partition coefficient (Wildman–Crippen LogP) is 5.76. The molecule has 194 valence electrons. The maximum absolute atomic E-state index is 13.5. The van der Waals surface area contributed by atoms with Gasteiger partial charge in [0.25, 0.3) is 15.9 Å². The third-order valence-electron chi connectivity index (χ3n) is 5.95. The van der Waals surface area contributed by atoms with Gasteiger partial charge in [-0.2, -0.15) is 0 Å². The lowest BCUT2D eigenvalue weighted by atomic mass is 9.97.